The van der Waals surface area contributed by atoms with Crippen LogP contribution in [0.2, 0.25) is 0 Å². The van der Waals surface area contributed by atoms with Crippen LogP contribution in [0.25, 0.3) is 22.0 Å². The molecule has 32 heavy (non-hydrogen) atoms. The lowest BCUT2D eigenvalue weighted by molar-refractivity contribution is -0.117. The molecule has 0 saturated heterocycles. The van der Waals surface area contributed by atoms with Gasteiger partial charge < -0.3 is 15.8 Å². The first kappa shape index (κ1) is 20.0. The lowest BCUT2D eigenvalue weighted by Gasteiger charge is -2.11. The number of hydrogen-bond acceptors (Lipinski definition) is 6. The highest BCUT2D eigenvalue weighted by Crippen LogP contribution is 2.47. The van der Waals surface area contributed by atoms with Gasteiger partial charge in [0.2, 0.25) is 5.91 Å². The van der Waals surface area contributed by atoms with Crippen LogP contribution in [0.4, 0.5) is 11.6 Å². The highest BCUT2D eigenvalue weighted by molar-refractivity contribution is 5.99. The SMILES string of the molecule is COc1ccc(C)c(-c2cc3cc(NC(=O)[C@H]4C[C@@H]4c4cnn(C)c4)ncc3c(N)n2)c1. The second-order valence-corrected chi connectivity index (χ2v) is 8.25. The molecule has 1 fully saturated rings. The maximum absolute atomic E-state index is 12.7. The standard InChI is InChI=1S/C24H24N6O2/c1-13-4-5-16(32-3)8-17(13)21-6-14-7-22(26-11-20(14)23(25)28-21)29-24(31)19-9-18(19)15-10-27-30(2)12-15/h4-8,10-12,18-19H,9H2,1-3H3,(H2,25,28)(H,26,29,31)/t18-,19+/m1/s1. The number of nitrogen functional groups attached to an aromatic ring is 1. The van der Waals surface area contributed by atoms with E-state index in [1.807, 2.05) is 56.7 Å². The van der Waals surface area contributed by atoms with Gasteiger partial charge >= 0.3 is 0 Å². The molecule has 162 valence electrons. The first-order valence-electron chi connectivity index (χ1n) is 10.4. The van der Waals surface area contributed by atoms with E-state index in [1.165, 1.54) is 0 Å². The summed E-state index contributed by atoms with van der Waals surface area (Å²) in [6.07, 6.45) is 6.26. The third kappa shape index (κ3) is 3.64. The van der Waals surface area contributed by atoms with Crippen molar-refractivity contribution in [3.05, 3.63) is 60.0 Å². The number of nitrogens with two attached hydrogens (primary N) is 1. The normalized spacial score (nSPS) is 17.3. The van der Waals surface area contributed by atoms with Crippen molar-refractivity contribution < 1.29 is 9.53 Å². The van der Waals surface area contributed by atoms with Crippen molar-refractivity contribution in [1.82, 2.24) is 19.7 Å². The van der Waals surface area contributed by atoms with Crippen molar-refractivity contribution in [2.75, 3.05) is 18.2 Å². The van der Waals surface area contributed by atoms with Crippen molar-refractivity contribution in [2.45, 2.75) is 19.3 Å². The summed E-state index contributed by atoms with van der Waals surface area (Å²) in [6, 6.07) is 9.64. The zero-order valence-corrected chi connectivity index (χ0v) is 18.2. The number of carbonyl (C=O) groups is 1. The molecular formula is C24H24N6O2. The minimum absolute atomic E-state index is 0.0309. The monoisotopic (exact) mass is 428 g/mol. The summed E-state index contributed by atoms with van der Waals surface area (Å²) < 4.78 is 7.12. The lowest BCUT2D eigenvalue weighted by atomic mass is 10.0. The van der Waals surface area contributed by atoms with E-state index in [-0.39, 0.29) is 17.7 Å². The third-order valence-electron chi connectivity index (χ3n) is 6.00. The molecule has 4 aromatic rings. The van der Waals surface area contributed by atoms with Gasteiger partial charge in [0, 0.05) is 36.3 Å². The van der Waals surface area contributed by atoms with Gasteiger partial charge in [-0.2, -0.15) is 5.10 Å². The molecule has 3 heterocycles. The Bertz CT molecular complexity index is 1350. The van der Waals surface area contributed by atoms with Crippen LogP contribution in [0.15, 0.2) is 48.9 Å². The van der Waals surface area contributed by atoms with Crippen LogP contribution in [0.5, 0.6) is 5.75 Å². The second kappa shape index (κ2) is 7.64. The fourth-order valence-electron chi connectivity index (χ4n) is 4.09. The van der Waals surface area contributed by atoms with Crippen molar-refractivity contribution >= 4 is 28.3 Å². The van der Waals surface area contributed by atoms with Gasteiger partial charge in [0.1, 0.15) is 17.4 Å². The number of nitrogens with one attached hydrogen (secondary N) is 1. The molecule has 1 aliphatic rings. The predicted octanol–water partition coefficient (Wildman–Crippen LogP) is 3.67. The van der Waals surface area contributed by atoms with Gasteiger partial charge in [-0.15, -0.1) is 0 Å². The summed E-state index contributed by atoms with van der Waals surface area (Å²) in [5.41, 5.74) is 10.1. The van der Waals surface area contributed by atoms with Crippen LogP contribution in [0, 0.1) is 12.8 Å². The van der Waals surface area contributed by atoms with E-state index < -0.39 is 0 Å². The Labute approximate surface area is 185 Å². The van der Waals surface area contributed by atoms with Crippen LogP contribution in [0.1, 0.15) is 23.5 Å². The van der Waals surface area contributed by atoms with Crippen LogP contribution < -0.4 is 15.8 Å². The second-order valence-electron chi connectivity index (χ2n) is 8.25. The topological polar surface area (TPSA) is 108 Å². The fraction of sp³-hybridized carbons (Fsp3) is 0.250. The van der Waals surface area contributed by atoms with Gasteiger partial charge in [0.05, 0.1) is 19.0 Å². The molecule has 0 radical (unpaired) electrons. The summed E-state index contributed by atoms with van der Waals surface area (Å²) in [5.74, 6) is 1.76. The molecule has 0 unspecified atom stereocenters. The number of pyridine rings is 2. The minimum atomic E-state index is -0.0609. The smallest absolute Gasteiger partial charge is 0.229 e. The number of carbonyl (C=O) groups excluding carboxylic acids is 1. The number of aromatic nitrogens is 4. The zero-order chi connectivity index (χ0) is 22.4. The molecule has 8 heteroatoms. The molecule has 1 amide bonds. The van der Waals surface area contributed by atoms with E-state index in [4.69, 9.17) is 10.5 Å². The number of benzene rings is 1. The number of nitrogens with zero attached hydrogens (tertiary/aromatic N) is 4. The quantitative estimate of drug-likeness (QED) is 0.502. The Balaban J connectivity index is 1.42. The lowest BCUT2D eigenvalue weighted by Crippen LogP contribution is -2.15. The Morgan fingerprint density at radius 2 is 2.09 bits per heavy atom. The first-order chi connectivity index (χ1) is 15.4. The third-order valence-corrected chi connectivity index (χ3v) is 6.00. The maximum atomic E-state index is 12.7. The van der Waals surface area contributed by atoms with Crippen LogP contribution in [-0.4, -0.2) is 32.8 Å². The van der Waals surface area contributed by atoms with Crippen molar-refractivity contribution in [1.29, 1.82) is 0 Å². The number of aryl methyl sites for hydroxylation is 2. The van der Waals surface area contributed by atoms with Crippen molar-refractivity contribution in [3.63, 3.8) is 0 Å². The first-order valence-corrected chi connectivity index (χ1v) is 10.4. The molecule has 1 aliphatic carbocycles. The summed E-state index contributed by atoms with van der Waals surface area (Å²) in [4.78, 5) is 21.7. The highest BCUT2D eigenvalue weighted by Gasteiger charge is 2.44. The minimum Gasteiger partial charge on any atom is -0.497 e. The number of methoxy groups -OCH3 is 1. The Morgan fingerprint density at radius 3 is 2.84 bits per heavy atom. The summed E-state index contributed by atoms with van der Waals surface area (Å²) in [7, 11) is 3.51. The summed E-state index contributed by atoms with van der Waals surface area (Å²) in [5, 5.41) is 8.75. The number of amides is 1. The van der Waals surface area contributed by atoms with Gasteiger partial charge in [-0.05, 0) is 60.0 Å². The number of rotatable bonds is 5. The van der Waals surface area contributed by atoms with Crippen molar-refractivity contribution in [2.24, 2.45) is 13.0 Å². The molecule has 5 rings (SSSR count). The Hall–Kier alpha value is -3.94. The molecule has 3 N–H and O–H groups in total. The van der Waals surface area contributed by atoms with Crippen LogP contribution in [0.3, 0.4) is 0 Å². The van der Waals surface area contributed by atoms with E-state index >= 15 is 0 Å². The largest absolute Gasteiger partial charge is 0.497 e. The van der Waals surface area contributed by atoms with Crippen molar-refractivity contribution in [3.8, 4) is 17.0 Å². The van der Waals surface area contributed by atoms with Crippen LogP contribution in [-0.2, 0) is 11.8 Å². The molecule has 3 aromatic heterocycles. The number of hydrogen-bond donors (Lipinski definition) is 2. The van der Waals surface area contributed by atoms with E-state index in [2.05, 4.69) is 20.4 Å². The van der Waals surface area contributed by atoms with Gasteiger partial charge in [-0.25, -0.2) is 9.97 Å². The van der Waals surface area contributed by atoms with Crippen LogP contribution >= 0.6 is 0 Å². The summed E-state index contributed by atoms with van der Waals surface area (Å²) >= 11 is 0. The fourth-order valence-corrected chi connectivity index (χ4v) is 4.09. The van der Waals surface area contributed by atoms with E-state index in [0.29, 0.717) is 11.6 Å². The Morgan fingerprint density at radius 1 is 1.25 bits per heavy atom. The average molecular weight is 428 g/mol. The molecule has 8 nitrogen and oxygen atoms in total. The molecule has 2 atom stereocenters. The Kier molecular flexibility index (Phi) is 4.77. The zero-order valence-electron chi connectivity index (χ0n) is 18.2. The summed E-state index contributed by atoms with van der Waals surface area (Å²) in [6.45, 7) is 2.02. The van der Waals surface area contributed by atoms with E-state index in [1.54, 1.807) is 18.0 Å². The average Bonchev–Trinajstić information content (AvgIpc) is 3.47. The molecule has 1 aromatic carbocycles. The molecule has 1 saturated carbocycles. The van der Waals surface area contributed by atoms with Gasteiger partial charge in [-0.1, -0.05) is 6.07 Å². The maximum Gasteiger partial charge on any atom is 0.229 e. The van der Waals surface area contributed by atoms with E-state index in [0.717, 1.165) is 45.3 Å². The molecule has 0 bridgehead atoms. The number of anilines is 2. The molecular weight excluding hydrogens is 404 g/mol. The van der Waals surface area contributed by atoms with E-state index in [9.17, 15) is 4.79 Å². The highest BCUT2D eigenvalue weighted by atomic mass is 16.5. The predicted molar refractivity (Wildman–Crippen MR) is 123 cm³/mol. The molecule has 0 aliphatic heterocycles. The number of ether oxygens (including phenoxy) is 1. The van der Waals surface area contributed by atoms with Gasteiger partial charge in [-0.3, -0.25) is 9.48 Å². The molecule has 0 spiro atoms. The van der Waals surface area contributed by atoms with Gasteiger partial charge in [0.15, 0.2) is 0 Å². The number of fused-ring (bicyclic) bond motifs is 1. The van der Waals surface area contributed by atoms with Gasteiger partial charge in [0.25, 0.3) is 0 Å².